The fourth-order valence-electron chi connectivity index (χ4n) is 3.48. The number of rotatable bonds is 5. The number of para-hydroxylation sites is 2. The van der Waals surface area contributed by atoms with Gasteiger partial charge in [-0.2, -0.15) is 0 Å². The number of H-pyrrole nitrogens is 1. The van der Waals surface area contributed by atoms with Crippen molar-refractivity contribution in [3.05, 3.63) is 92.8 Å². The van der Waals surface area contributed by atoms with E-state index < -0.39 is 17.2 Å². The first-order chi connectivity index (χ1) is 14.5. The standard InChI is InChI=1S/C22H20N4O4/c1-25-13-16(20(27)23-12-14-8-6-7-11-17(14)30-2)18-19(25)21(28)26(22(29)24-18)15-9-4-3-5-10-15/h3-11,13H,12H2,1-2H3,(H,23,27)(H,24,29). The number of aromatic nitrogens is 3. The van der Waals surface area contributed by atoms with Crippen LogP contribution in [-0.4, -0.2) is 27.1 Å². The Labute approximate surface area is 171 Å². The lowest BCUT2D eigenvalue weighted by atomic mass is 10.2. The Bertz CT molecular complexity index is 1350. The molecule has 0 fully saturated rings. The number of nitrogens with zero attached hydrogens (tertiary/aromatic N) is 2. The number of amides is 1. The second kappa shape index (κ2) is 7.75. The van der Waals surface area contributed by atoms with Crippen LogP contribution in [0, 0.1) is 0 Å². The van der Waals surface area contributed by atoms with Crippen molar-refractivity contribution in [3.63, 3.8) is 0 Å². The van der Waals surface area contributed by atoms with Crippen molar-refractivity contribution < 1.29 is 9.53 Å². The molecule has 152 valence electrons. The lowest BCUT2D eigenvalue weighted by Crippen LogP contribution is -2.34. The van der Waals surface area contributed by atoms with Crippen molar-refractivity contribution in [1.82, 2.24) is 19.4 Å². The maximum atomic E-state index is 13.0. The topological polar surface area (TPSA) is 98.1 Å². The minimum atomic E-state index is -0.608. The van der Waals surface area contributed by atoms with E-state index in [1.54, 1.807) is 49.1 Å². The average molecular weight is 404 g/mol. The van der Waals surface area contributed by atoms with Gasteiger partial charge in [-0.15, -0.1) is 0 Å². The molecular formula is C22H20N4O4. The lowest BCUT2D eigenvalue weighted by Gasteiger charge is -2.09. The zero-order valence-electron chi connectivity index (χ0n) is 16.5. The molecule has 2 aromatic heterocycles. The molecule has 8 heteroatoms. The summed E-state index contributed by atoms with van der Waals surface area (Å²) in [5, 5.41) is 2.82. The summed E-state index contributed by atoms with van der Waals surface area (Å²) in [6.45, 7) is 0.241. The van der Waals surface area contributed by atoms with Crippen LogP contribution >= 0.6 is 0 Å². The number of nitrogens with one attached hydrogen (secondary N) is 2. The molecule has 0 aliphatic rings. The van der Waals surface area contributed by atoms with Gasteiger partial charge >= 0.3 is 5.69 Å². The summed E-state index contributed by atoms with van der Waals surface area (Å²) >= 11 is 0. The van der Waals surface area contributed by atoms with Crippen LogP contribution in [0.15, 0.2) is 70.4 Å². The second-order valence-corrected chi connectivity index (χ2v) is 6.78. The molecule has 0 unspecified atom stereocenters. The number of benzene rings is 2. The fourth-order valence-corrected chi connectivity index (χ4v) is 3.48. The van der Waals surface area contributed by atoms with Crippen LogP contribution in [0.3, 0.4) is 0 Å². The summed E-state index contributed by atoms with van der Waals surface area (Å²) in [5.74, 6) is 0.258. The van der Waals surface area contributed by atoms with Crippen LogP contribution < -0.4 is 21.3 Å². The number of aromatic amines is 1. The van der Waals surface area contributed by atoms with Crippen LogP contribution in [0.1, 0.15) is 15.9 Å². The summed E-state index contributed by atoms with van der Waals surface area (Å²) in [5.41, 5.74) is 0.826. The van der Waals surface area contributed by atoms with E-state index in [-0.39, 0.29) is 23.1 Å². The maximum Gasteiger partial charge on any atom is 0.333 e. The predicted molar refractivity (Wildman–Crippen MR) is 113 cm³/mol. The number of carbonyl (C=O) groups is 1. The van der Waals surface area contributed by atoms with Crippen LogP contribution in [0.5, 0.6) is 5.75 Å². The number of methoxy groups -OCH3 is 1. The quantitative estimate of drug-likeness (QED) is 0.531. The maximum absolute atomic E-state index is 13.0. The third-order valence-corrected chi connectivity index (χ3v) is 4.91. The SMILES string of the molecule is COc1ccccc1CNC(=O)c1cn(C)c2c(=O)n(-c3ccccc3)c(=O)[nH]c12. The molecule has 0 aliphatic carbocycles. The molecule has 2 heterocycles. The highest BCUT2D eigenvalue weighted by Crippen LogP contribution is 2.18. The summed E-state index contributed by atoms with van der Waals surface area (Å²) in [7, 11) is 3.22. The largest absolute Gasteiger partial charge is 0.496 e. The van der Waals surface area contributed by atoms with E-state index in [1.165, 1.54) is 6.20 Å². The van der Waals surface area contributed by atoms with Crippen molar-refractivity contribution in [2.75, 3.05) is 7.11 Å². The molecular weight excluding hydrogens is 384 g/mol. The zero-order chi connectivity index (χ0) is 21.3. The molecule has 0 bridgehead atoms. The van der Waals surface area contributed by atoms with Gasteiger partial charge in [-0.25, -0.2) is 9.36 Å². The van der Waals surface area contributed by atoms with E-state index in [0.29, 0.717) is 11.4 Å². The van der Waals surface area contributed by atoms with Crippen LogP contribution in [0.25, 0.3) is 16.7 Å². The molecule has 0 aliphatic heterocycles. The second-order valence-electron chi connectivity index (χ2n) is 6.78. The summed E-state index contributed by atoms with van der Waals surface area (Å²) < 4.78 is 7.90. The van der Waals surface area contributed by atoms with Crippen LogP contribution in [-0.2, 0) is 13.6 Å². The van der Waals surface area contributed by atoms with Gasteiger partial charge in [0.05, 0.1) is 23.9 Å². The number of carbonyl (C=O) groups excluding carboxylic acids is 1. The molecule has 4 rings (SSSR count). The number of aryl methyl sites for hydroxylation is 1. The third kappa shape index (κ3) is 3.28. The molecule has 0 saturated carbocycles. The molecule has 2 N–H and O–H groups in total. The van der Waals surface area contributed by atoms with Crippen molar-refractivity contribution in [2.24, 2.45) is 7.05 Å². The van der Waals surface area contributed by atoms with E-state index in [2.05, 4.69) is 10.3 Å². The summed E-state index contributed by atoms with van der Waals surface area (Å²) in [4.78, 5) is 41.2. The monoisotopic (exact) mass is 404 g/mol. The molecule has 0 saturated heterocycles. The Morgan fingerprint density at radius 1 is 1.07 bits per heavy atom. The van der Waals surface area contributed by atoms with Gasteiger partial charge in [0.25, 0.3) is 11.5 Å². The van der Waals surface area contributed by atoms with Crippen molar-refractivity contribution >= 4 is 16.9 Å². The van der Waals surface area contributed by atoms with Crippen molar-refractivity contribution in [3.8, 4) is 11.4 Å². The molecule has 0 spiro atoms. The van der Waals surface area contributed by atoms with Gasteiger partial charge in [0.2, 0.25) is 0 Å². The highest BCUT2D eigenvalue weighted by molar-refractivity contribution is 6.05. The zero-order valence-corrected chi connectivity index (χ0v) is 16.5. The number of fused-ring (bicyclic) bond motifs is 1. The Hall–Kier alpha value is -4.07. The molecule has 8 nitrogen and oxygen atoms in total. The van der Waals surface area contributed by atoms with E-state index in [4.69, 9.17) is 4.74 Å². The summed E-state index contributed by atoms with van der Waals surface area (Å²) in [6, 6.07) is 16.0. The first-order valence-electron chi connectivity index (χ1n) is 9.31. The van der Waals surface area contributed by atoms with Gasteiger partial charge in [-0.3, -0.25) is 9.59 Å². The van der Waals surface area contributed by atoms with E-state index in [9.17, 15) is 14.4 Å². The highest BCUT2D eigenvalue weighted by atomic mass is 16.5. The fraction of sp³-hybridized carbons (Fsp3) is 0.136. The molecule has 0 atom stereocenters. The summed E-state index contributed by atoms with van der Waals surface area (Å²) in [6.07, 6.45) is 1.54. The first kappa shape index (κ1) is 19.3. The van der Waals surface area contributed by atoms with Gasteiger partial charge in [0.1, 0.15) is 11.3 Å². The molecule has 4 aromatic rings. The van der Waals surface area contributed by atoms with Gasteiger partial charge in [-0.1, -0.05) is 36.4 Å². The molecule has 30 heavy (non-hydrogen) atoms. The molecule has 0 radical (unpaired) electrons. The number of hydrogen-bond acceptors (Lipinski definition) is 4. The van der Waals surface area contributed by atoms with Gasteiger partial charge in [-0.05, 0) is 18.2 Å². The lowest BCUT2D eigenvalue weighted by molar-refractivity contribution is 0.0952. The Morgan fingerprint density at radius 2 is 1.77 bits per heavy atom. The first-order valence-corrected chi connectivity index (χ1v) is 9.31. The van der Waals surface area contributed by atoms with E-state index in [0.717, 1.165) is 10.1 Å². The number of hydrogen-bond donors (Lipinski definition) is 2. The predicted octanol–water partition coefficient (Wildman–Crippen LogP) is 1.96. The van der Waals surface area contributed by atoms with Crippen molar-refractivity contribution in [1.29, 1.82) is 0 Å². The Balaban J connectivity index is 1.73. The van der Waals surface area contributed by atoms with Gasteiger partial charge < -0.3 is 19.6 Å². The molecule has 2 aromatic carbocycles. The minimum absolute atomic E-state index is 0.206. The highest BCUT2D eigenvalue weighted by Gasteiger charge is 2.20. The van der Waals surface area contributed by atoms with Gasteiger partial charge in [0, 0.05) is 25.4 Å². The Kier molecular flexibility index (Phi) is 4.97. The minimum Gasteiger partial charge on any atom is -0.496 e. The smallest absolute Gasteiger partial charge is 0.333 e. The average Bonchev–Trinajstić information content (AvgIpc) is 3.09. The van der Waals surface area contributed by atoms with Gasteiger partial charge in [0.15, 0.2) is 0 Å². The van der Waals surface area contributed by atoms with E-state index >= 15 is 0 Å². The third-order valence-electron chi connectivity index (χ3n) is 4.91. The van der Waals surface area contributed by atoms with Crippen LogP contribution in [0.4, 0.5) is 0 Å². The normalized spacial score (nSPS) is 10.9. The van der Waals surface area contributed by atoms with Crippen LogP contribution in [0.2, 0.25) is 0 Å². The number of ether oxygens (including phenoxy) is 1. The molecule has 1 amide bonds. The van der Waals surface area contributed by atoms with E-state index in [1.807, 2.05) is 24.3 Å². The Morgan fingerprint density at radius 3 is 2.50 bits per heavy atom. The van der Waals surface area contributed by atoms with Crippen molar-refractivity contribution in [2.45, 2.75) is 6.54 Å².